The van der Waals surface area contributed by atoms with Crippen molar-refractivity contribution >= 4 is 6.09 Å². The van der Waals surface area contributed by atoms with Gasteiger partial charge < -0.3 is 14.5 Å². The lowest BCUT2D eigenvalue weighted by Gasteiger charge is -2.32. The Morgan fingerprint density at radius 1 is 0.583 bits per heavy atom. The van der Waals surface area contributed by atoms with Crippen LogP contribution in [-0.4, -0.2) is 55.2 Å². The molecular weight excluding hydrogens is 588 g/mol. The molecule has 1 heterocycles. The molecule has 278 valence electrons. The molecule has 1 atom stereocenters. The first-order valence-electron chi connectivity index (χ1n) is 20.9. The van der Waals surface area contributed by atoms with E-state index >= 15 is 0 Å². The molecule has 0 aromatic heterocycles. The molecule has 4 nitrogen and oxygen atoms in total. The maximum Gasteiger partial charge on any atom is 0.409 e. The van der Waals surface area contributed by atoms with Crippen molar-refractivity contribution in [2.75, 3.05) is 33.3 Å². The molecular formula is C44H80N2O2. The number of hydrogen-bond acceptors (Lipinski definition) is 3. The summed E-state index contributed by atoms with van der Waals surface area (Å²) in [6.07, 6.45) is 52.2. The third-order valence-corrected chi connectivity index (χ3v) is 9.84. The number of allylic oxidation sites excluding steroid dienone is 8. The molecule has 0 N–H and O–H groups in total. The minimum absolute atomic E-state index is 0.0841. The summed E-state index contributed by atoms with van der Waals surface area (Å²) in [5, 5.41) is 0. The van der Waals surface area contributed by atoms with E-state index in [2.05, 4.69) is 74.4 Å². The molecule has 0 saturated carbocycles. The van der Waals surface area contributed by atoms with E-state index < -0.39 is 0 Å². The van der Waals surface area contributed by atoms with E-state index in [-0.39, 0.29) is 6.09 Å². The Morgan fingerprint density at radius 3 is 1.44 bits per heavy atom. The fourth-order valence-electron chi connectivity index (χ4n) is 6.49. The molecule has 0 radical (unpaired) electrons. The average Bonchev–Trinajstić information content (AvgIpc) is 3.09. The number of piperidine rings is 1. The monoisotopic (exact) mass is 669 g/mol. The fraction of sp³-hybridized carbons (Fsp3) is 0.795. The van der Waals surface area contributed by atoms with Gasteiger partial charge in [0.05, 0.1) is 0 Å². The van der Waals surface area contributed by atoms with Crippen molar-refractivity contribution in [2.45, 2.75) is 193 Å². The van der Waals surface area contributed by atoms with Gasteiger partial charge >= 0.3 is 6.09 Å². The molecule has 0 aliphatic carbocycles. The lowest BCUT2D eigenvalue weighted by molar-refractivity contribution is 0.0591. The number of hydrogen-bond donors (Lipinski definition) is 0. The van der Waals surface area contributed by atoms with Crippen LogP contribution in [0.1, 0.15) is 187 Å². The Labute approximate surface area is 299 Å². The van der Waals surface area contributed by atoms with Crippen LogP contribution in [0.5, 0.6) is 0 Å². The SMILES string of the molecule is CCCCC/C=C\C/C=C\CCCCCCCCN(CCCCCCCC/C=C\C/C=C\CCCCC)C(=O)OCC1CCCCN1C. The van der Waals surface area contributed by atoms with Crippen LogP contribution in [0, 0.1) is 0 Å². The molecule has 1 aliphatic heterocycles. The van der Waals surface area contributed by atoms with E-state index in [1.807, 2.05) is 4.90 Å². The smallest absolute Gasteiger partial charge is 0.409 e. The normalized spacial score (nSPS) is 15.9. The van der Waals surface area contributed by atoms with Gasteiger partial charge in [0.1, 0.15) is 6.61 Å². The number of likely N-dealkylation sites (N-methyl/N-ethyl adjacent to an activating group) is 1. The summed E-state index contributed by atoms with van der Waals surface area (Å²) in [5.74, 6) is 0. The summed E-state index contributed by atoms with van der Waals surface area (Å²) in [4.78, 5) is 17.5. The third-order valence-electron chi connectivity index (χ3n) is 9.84. The predicted octanol–water partition coefficient (Wildman–Crippen LogP) is 13.5. The standard InChI is InChI=1S/C44H80N2O2/c1-4-6-8-10-12-14-16-18-20-22-24-26-28-30-32-35-40-46(44(47)48-42-43-38-34-37-39-45(43)3)41-36-33-31-29-27-25-23-21-19-17-15-13-11-9-7-5-2/h12-15,18-21,43H,4-11,16-17,22-42H2,1-3H3/b14-12-,15-13-,20-18-,21-19-. The maximum atomic E-state index is 13.1. The van der Waals surface area contributed by atoms with Gasteiger partial charge in [-0.1, -0.05) is 146 Å². The highest BCUT2D eigenvalue weighted by molar-refractivity contribution is 5.67. The summed E-state index contributed by atoms with van der Waals surface area (Å²) < 4.78 is 5.90. The topological polar surface area (TPSA) is 32.8 Å². The molecule has 0 spiro atoms. The van der Waals surface area contributed by atoms with Gasteiger partial charge in [-0.2, -0.15) is 0 Å². The minimum Gasteiger partial charge on any atom is -0.448 e. The molecule has 1 unspecified atom stereocenters. The average molecular weight is 669 g/mol. The zero-order valence-corrected chi connectivity index (χ0v) is 32.3. The number of nitrogens with zero attached hydrogens (tertiary/aromatic N) is 2. The fourth-order valence-corrected chi connectivity index (χ4v) is 6.49. The summed E-state index contributed by atoms with van der Waals surface area (Å²) in [6, 6.07) is 0.383. The molecule has 4 heteroatoms. The van der Waals surface area contributed by atoms with Crippen LogP contribution >= 0.6 is 0 Å². The maximum absolute atomic E-state index is 13.1. The molecule has 1 fully saturated rings. The molecule has 1 rings (SSSR count). The van der Waals surface area contributed by atoms with Gasteiger partial charge in [0.2, 0.25) is 0 Å². The highest BCUT2D eigenvalue weighted by Gasteiger charge is 2.22. The van der Waals surface area contributed by atoms with E-state index in [9.17, 15) is 4.79 Å². The lowest BCUT2D eigenvalue weighted by Crippen LogP contribution is -2.42. The molecule has 0 bridgehead atoms. The lowest BCUT2D eigenvalue weighted by atomic mass is 10.0. The molecule has 1 saturated heterocycles. The zero-order chi connectivity index (χ0) is 34.6. The molecule has 0 aromatic carbocycles. The first-order valence-corrected chi connectivity index (χ1v) is 20.9. The van der Waals surface area contributed by atoms with Crippen LogP contribution in [0.4, 0.5) is 4.79 Å². The number of unbranched alkanes of at least 4 members (excludes halogenated alkanes) is 18. The van der Waals surface area contributed by atoms with Crippen LogP contribution in [0.2, 0.25) is 0 Å². The minimum atomic E-state index is -0.0841. The van der Waals surface area contributed by atoms with E-state index in [1.165, 1.54) is 141 Å². The molecule has 1 amide bonds. The largest absolute Gasteiger partial charge is 0.448 e. The van der Waals surface area contributed by atoms with Gasteiger partial charge in [0, 0.05) is 19.1 Å². The van der Waals surface area contributed by atoms with Gasteiger partial charge in [-0.05, 0) is 103 Å². The Bertz CT molecular complexity index is 769. The molecule has 1 aliphatic rings. The summed E-state index contributed by atoms with van der Waals surface area (Å²) in [5.41, 5.74) is 0. The first-order chi connectivity index (χ1) is 23.7. The Morgan fingerprint density at radius 2 is 1.00 bits per heavy atom. The van der Waals surface area contributed by atoms with Crippen LogP contribution in [-0.2, 0) is 4.74 Å². The summed E-state index contributed by atoms with van der Waals surface area (Å²) in [6.45, 7) is 7.86. The highest BCUT2D eigenvalue weighted by atomic mass is 16.6. The van der Waals surface area contributed by atoms with E-state index in [1.54, 1.807) is 0 Å². The van der Waals surface area contributed by atoms with Crippen LogP contribution in [0.25, 0.3) is 0 Å². The van der Waals surface area contributed by atoms with Gasteiger partial charge in [-0.25, -0.2) is 4.79 Å². The number of rotatable bonds is 32. The third kappa shape index (κ3) is 28.1. The summed E-state index contributed by atoms with van der Waals surface area (Å²) in [7, 11) is 2.17. The molecule has 48 heavy (non-hydrogen) atoms. The second-order valence-corrected chi connectivity index (χ2v) is 14.4. The van der Waals surface area contributed by atoms with Crippen LogP contribution < -0.4 is 0 Å². The number of carbonyl (C=O) groups is 1. The van der Waals surface area contributed by atoms with Crippen LogP contribution in [0.3, 0.4) is 0 Å². The van der Waals surface area contributed by atoms with E-state index in [4.69, 9.17) is 4.74 Å². The number of ether oxygens (including phenoxy) is 1. The highest BCUT2D eigenvalue weighted by Crippen LogP contribution is 2.17. The predicted molar refractivity (Wildman–Crippen MR) is 212 cm³/mol. The van der Waals surface area contributed by atoms with Gasteiger partial charge in [0.15, 0.2) is 0 Å². The van der Waals surface area contributed by atoms with Crippen molar-refractivity contribution in [1.82, 2.24) is 9.80 Å². The quantitative estimate of drug-likeness (QED) is 0.0528. The summed E-state index contributed by atoms with van der Waals surface area (Å²) >= 11 is 0. The van der Waals surface area contributed by atoms with Gasteiger partial charge in [-0.3, -0.25) is 0 Å². The van der Waals surface area contributed by atoms with Crippen molar-refractivity contribution in [3.8, 4) is 0 Å². The van der Waals surface area contributed by atoms with Crippen molar-refractivity contribution in [3.05, 3.63) is 48.6 Å². The number of amides is 1. The van der Waals surface area contributed by atoms with Crippen LogP contribution in [0.15, 0.2) is 48.6 Å². The second-order valence-electron chi connectivity index (χ2n) is 14.4. The van der Waals surface area contributed by atoms with Crippen molar-refractivity contribution in [3.63, 3.8) is 0 Å². The zero-order valence-electron chi connectivity index (χ0n) is 32.3. The Kier molecular flexibility index (Phi) is 32.3. The van der Waals surface area contributed by atoms with Crippen molar-refractivity contribution < 1.29 is 9.53 Å². The number of likely N-dealkylation sites (tertiary alicyclic amines) is 1. The Hall–Kier alpha value is -1.81. The molecule has 0 aromatic rings. The van der Waals surface area contributed by atoms with Gasteiger partial charge in [-0.15, -0.1) is 0 Å². The van der Waals surface area contributed by atoms with Crippen molar-refractivity contribution in [1.29, 1.82) is 0 Å². The van der Waals surface area contributed by atoms with Gasteiger partial charge in [0.25, 0.3) is 0 Å². The van der Waals surface area contributed by atoms with Crippen molar-refractivity contribution in [2.24, 2.45) is 0 Å². The van der Waals surface area contributed by atoms with E-state index in [0.29, 0.717) is 12.6 Å². The number of carbonyl (C=O) groups excluding carboxylic acids is 1. The first kappa shape index (κ1) is 44.2. The second kappa shape index (κ2) is 35.0. The van der Waals surface area contributed by atoms with E-state index in [0.717, 1.165) is 51.7 Å². The Balaban J connectivity index is 2.20.